The summed E-state index contributed by atoms with van der Waals surface area (Å²) in [6.45, 7) is 8.11. The molecule has 1 aliphatic rings. The van der Waals surface area contributed by atoms with Crippen LogP contribution < -0.4 is 10.4 Å². The first-order chi connectivity index (χ1) is 16.1. The number of ether oxygens (including phenoxy) is 2. The van der Waals surface area contributed by atoms with Gasteiger partial charge in [0.2, 0.25) is 0 Å². The predicted molar refractivity (Wildman–Crippen MR) is 129 cm³/mol. The van der Waals surface area contributed by atoms with Crippen LogP contribution >= 0.6 is 0 Å². The number of rotatable bonds is 3. The van der Waals surface area contributed by atoms with Crippen molar-refractivity contribution in [1.29, 1.82) is 0 Å². The zero-order chi connectivity index (χ0) is 24.5. The van der Waals surface area contributed by atoms with Crippen LogP contribution in [0.3, 0.4) is 0 Å². The summed E-state index contributed by atoms with van der Waals surface area (Å²) in [6, 6.07) is 14.6. The van der Waals surface area contributed by atoms with Gasteiger partial charge in [0.25, 0.3) is 0 Å². The Labute approximate surface area is 198 Å². The Morgan fingerprint density at radius 3 is 2.35 bits per heavy atom. The van der Waals surface area contributed by atoms with E-state index in [2.05, 4.69) is 0 Å². The molecule has 0 radical (unpaired) electrons. The fourth-order valence-corrected chi connectivity index (χ4v) is 4.13. The summed E-state index contributed by atoms with van der Waals surface area (Å²) >= 11 is 0. The molecule has 2 aromatic carbocycles. The van der Waals surface area contributed by atoms with E-state index in [1.54, 1.807) is 24.0 Å². The number of aryl methyl sites for hydroxylation is 1. The van der Waals surface area contributed by atoms with Crippen LogP contribution in [0.25, 0.3) is 22.1 Å². The molecular weight excluding hydrogens is 434 g/mol. The van der Waals surface area contributed by atoms with Crippen molar-refractivity contribution in [2.24, 2.45) is 5.92 Å². The maximum atomic E-state index is 12.9. The highest BCUT2D eigenvalue weighted by atomic mass is 16.6. The lowest BCUT2D eigenvalue weighted by Gasteiger charge is -2.32. The minimum atomic E-state index is -0.560. The van der Waals surface area contributed by atoms with Gasteiger partial charge in [0.15, 0.2) is 0 Å². The molecule has 1 amide bonds. The Morgan fingerprint density at radius 2 is 1.71 bits per heavy atom. The predicted octanol–water partition coefficient (Wildman–Crippen LogP) is 5.32. The highest BCUT2D eigenvalue weighted by Crippen LogP contribution is 2.33. The number of piperidine rings is 1. The molecule has 0 atom stereocenters. The fourth-order valence-electron chi connectivity index (χ4n) is 4.13. The molecule has 7 heteroatoms. The molecule has 7 nitrogen and oxygen atoms in total. The van der Waals surface area contributed by atoms with E-state index >= 15 is 0 Å². The van der Waals surface area contributed by atoms with Gasteiger partial charge in [0, 0.05) is 30.1 Å². The molecule has 0 unspecified atom stereocenters. The van der Waals surface area contributed by atoms with Crippen molar-refractivity contribution in [3.8, 4) is 16.9 Å². The van der Waals surface area contributed by atoms with Crippen molar-refractivity contribution in [1.82, 2.24) is 4.90 Å². The van der Waals surface area contributed by atoms with Crippen LogP contribution in [-0.4, -0.2) is 35.7 Å². The second-order valence-electron chi connectivity index (χ2n) is 9.57. The lowest BCUT2D eigenvalue weighted by atomic mass is 9.97. The smallest absolute Gasteiger partial charge is 0.410 e. The number of fused-ring (bicyclic) bond motifs is 1. The van der Waals surface area contributed by atoms with Gasteiger partial charge in [0.1, 0.15) is 16.9 Å². The summed E-state index contributed by atoms with van der Waals surface area (Å²) in [5, 5.41) is 0.772. The molecule has 1 fully saturated rings. The molecule has 3 aromatic rings. The quantitative estimate of drug-likeness (QED) is 0.297. The highest BCUT2D eigenvalue weighted by molar-refractivity contribution is 5.96. The second-order valence-corrected chi connectivity index (χ2v) is 9.57. The molecule has 1 aromatic heterocycles. The van der Waals surface area contributed by atoms with Crippen molar-refractivity contribution < 1.29 is 23.5 Å². The van der Waals surface area contributed by atoms with Gasteiger partial charge >= 0.3 is 17.7 Å². The third-order valence-corrected chi connectivity index (χ3v) is 5.89. The third-order valence-electron chi connectivity index (χ3n) is 5.89. The van der Waals surface area contributed by atoms with Gasteiger partial charge in [-0.1, -0.05) is 30.3 Å². The molecule has 0 N–H and O–H groups in total. The topological polar surface area (TPSA) is 86.0 Å². The minimum Gasteiger partial charge on any atom is -0.444 e. The van der Waals surface area contributed by atoms with Crippen LogP contribution in [-0.2, 0) is 9.53 Å². The van der Waals surface area contributed by atoms with E-state index in [-0.39, 0.29) is 18.0 Å². The maximum Gasteiger partial charge on any atom is 0.410 e. The van der Waals surface area contributed by atoms with Gasteiger partial charge in [-0.15, -0.1) is 0 Å². The van der Waals surface area contributed by atoms with Crippen LogP contribution in [0.2, 0.25) is 0 Å². The molecule has 178 valence electrons. The third kappa shape index (κ3) is 5.14. The number of amides is 1. The van der Waals surface area contributed by atoms with Crippen molar-refractivity contribution in [2.75, 3.05) is 13.1 Å². The molecule has 0 aliphatic carbocycles. The van der Waals surface area contributed by atoms with Crippen molar-refractivity contribution >= 4 is 23.0 Å². The molecule has 4 rings (SSSR count). The average molecular weight is 464 g/mol. The van der Waals surface area contributed by atoms with E-state index in [1.807, 2.05) is 51.1 Å². The van der Waals surface area contributed by atoms with E-state index in [4.69, 9.17) is 13.9 Å². The number of nitrogens with zero attached hydrogens (tertiary/aromatic N) is 1. The van der Waals surface area contributed by atoms with E-state index in [1.165, 1.54) is 6.07 Å². The SMILES string of the molecule is Cc1c(OC(=O)C2CCN(C(=O)OC(C)(C)C)CC2)ccc2c(-c3ccccc3)cc(=O)oc12. The number of likely N-dealkylation sites (tertiary alicyclic amines) is 1. The van der Waals surface area contributed by atoms with Gasteiger partial charge in [-0.05, 0) is 63.8 Å². The number of carbonyl (C=O) groups is 2. The first-order valence-electron chi connectivity index (χ1n) is 11.4. The lowest BCUT2D eigenvalue weighted by molar-refractivity contribution is -0.140. The molecule has 0 spiro atoms. The number of carbonyl (C=O) groups excluding carboxylic acids is 2. The summed E-state index contributed by atoms with van der Waals surface area (Å²) in [7, 11) is 0. The van der Waals surface area contributed by atoms with E-state index in [0.717, 1.165) is 16.5 Å². The monoisotopic (exact) mass is 463 g/mol. The summed E-state index contributed by atoms with van der Waals surface area (Å²) in [5.41, 5.74) is 1.63. The van der Waals surface area contributed by atoms with Gasteiger partial charge in [0.05, 0.1) is 5.92 Å². The average Bonchev–Trinajstić information content (AvgIpc) is 2.80. The van der Waals surface area contributed by atoms with Crippen LogP contribution in [0.1, 0.15) is 39.2 Å². The molecule has 2 heterocycles. The van der Waals surface area contributed by atoms with E-state index < -0.39 is 11.2 Å². The molecule has 0 bridgehead atoms. The highest BCUT2D eigenvalue weighted by Gasteiger charge is 2.31. The summed E-state index contributed by atoms with van der Waals surface area (Å²) in [4.78, 5) is 39.0. The van der Waals surface area contributed by atoms with Gasteiger partial charge in [-0.2, -0.15) is 0 Å². The largest absolute Gasteiger partial charge is 0.444 e. The standard InChI is InChI=1S/C27H29NO6/c1-17-22(32-25(30)19-12-14-28(15-13-19)26(31)34-27(2,3)4)11-10-20-21(16-23(29)33-24(17)20)18-8-6-5-7-9-18/h5-11,16,19H,12-15H2,1-4H3. The molecule has 0 saturated carbocycles. The van der Waals surface area contributed by atoms with Crippen molar-refractivity contribution in [3.63, 3.8) is 0 Å². The Hall–Kier alpha value is -3.61. The summed E-state index contributed by atoms with van der Waals surface area (Å²) in [6.07, 6.45) is 0.629. The van der Waals surface area contributed by atoms with Gasteiger partial charge in [-0.25, -0.2) is 9.59 Å². The Morgan fingerprint density at radius 1 is 1.03 bits per heavy atom. The Balaban J connectivity index is 1.50. The van der Waals surface area contributed by atoms with E-state index in [0.29, 0.717) is 42.8 Å². The van der Waals surface area contributed by atoms with Crippen molar-refractivity contribution in [2.45, 2.75) is 46.1 Å². The van der Waals surface area contributed by atoms with Crippen LogP contribution in [0, 0.1) is 12.8 Å². The number of esters is 1. The van der Waals surface area contributed by atoms with Crippen LogP contribution in [0.15, 0.2) is 57.7 Å². The van der Waals surface area contributed by atoms with E-state index in [9.17, 15) is 14.4 Å². The number of hydrogen-bond acceptors (Lipinski definition) is 6. The zero-order valence-corrected chi connectivity index (χ0v) is 19.9. The molecular formula is C27H29NO6. The fraction of sp³-hybridized carbons (Fsp3) is 0.370. The van der Waals surface area contributed by atoms with Crippen LogP contribution in [0.4, 0.5) is 4.79 Å². The minimum absolute atomic E-state index is 0.323. The van der Waals surface area contributed by atoms with Crippen molar-refractivity contribution in [3.05, 3.63) is 64.5 Å². The second kappa shape index (κ2) is 9.33. The summed E-state index contributed by atoms with van der Waals surface area (Å²) < 4.78 is 16.6. The molecule has 34 heavy (non-hydrogen) atoms. The molecule has 1 saturated heterocycles. The van der Waals surface area contributed by atoms with Crippen LogP contribution in [0.5, 0.6) is 5.75 Å². The normalized spacial score (nSPS) is 14.8. The molecule has 1 aliphatic heterocycles. The number of benzene rings is 2. The number of hydrogen-bond donors (Lipinski definition) is 0. The Kier molecular flexibility index (Phi) is 6.46. The zero-order valence-electron chi connectivity index (χ0n) is 19.9. The lowest BCUT2D eigenvalue weighted by Crippen LogP contribution is -2.43. The summed E-state index contributed by atoms with van der Waals surface area (Å²) in [5.74, 6) is -0.315. The first-order valence-corrected chi connectivity index (χ1v) is 11.4. The van der Waals surface area contributed by atoms with Gasteiger partial charge < -0.3 is 18.8 Å². The van der Waals surface area contributed by atoms with Gasteiger partial charge in [-0.3, -0.25) is 4.79 Å². The maximum absolute atomic E-state index is 12.9. The Bertz CT molecular complexity index is 1260. The first kappa shape index (κ1) is 23.5.